The Morgan fingerprint density at radius 1 is 1.05 bits per heavy atom. The monoisotopic (exact) mass is 271 g/mol. The van der Waals surface area contributed by atoms with Crippen LogP contribution in [0.5, 0.6) is 0 Å². The minimum absolute atomic E-state index is 0.0935. The maximum absolute atomic E-state index is 6.24. The van der Waals surface area contributed by atoms with Gasteiger partial charge in [0, 0.05) is 19.6 Å². The minimum atomic E-state index is 0.0935. The molecule has 1 rings (SSSR count). The molecule has 1 aliphatic rings. The van der Waals surface area contributed by atoms with Gasteiger partial charge in [-0.05, 0) is 19.8 Å². The SMILES string of the molecule is CCCCCC(C)(CCC)OCCN1CCOCC1. The molecule has 0 aliphatic carbocycles. The second-order valence-electron chi connectivity index (χ2n) is 5.96. The van der Waals surface area contributed by atoms with Crippen molar-refractivity contribution in [1.82, 2.24) is 4.90 Å². The van der Waals surface area contributed by atoms with E-state index in [-0.39, 0.29) is 5.60 Å². The van der Waals surface area contributed by atoms with Crippen molar-refractivity contribution < 1.29 is 9.47 Å². The summed E-state index contributed by atoms with van der Waals surface area (Å²) in [6, 6.07) is 0. The zero-order chi connectivity index (χ0) is 14.0. The highest BCUT2D eigenvalue weighted by Gasteiger charge is 2.23. The van der Waals surface area contributed by atoms with Gasteiger partial charge in [-0.1, -0.05) is 39.5 Å². The van der Waals surface area contributed by atoms with Crippen LogP contribution in [0.1, 0.15) is 59.3 Å². The molecule has 114 valence electrons. The molecule has 1 fully saturated rings. The Kier molecular flexibility index (Phi) is 8.67. The summed E-state index contributed by atoms with van der Waals surface area (Å²) < 4.78 is 11.6. The van der Waals surface area contributed by atoms with Gasteiger partial charge < -0.3 is 9.47 Å². The second-order valence-corrected chi connectivity index (χ2v) is 5.96. The van der Waals surface area contributed by atoms with E-state index in [9.17, 15) is 0 Å². The van der Waals surface area contributed by atoms with Gasteiger partial charge in [0.05, 0.1) is 25.4 Å². The standard InChI is InChI=1S/C16H33NO2/c1-4-6-7-9-16(3,8-5-2)19-15-12-17-10-13-18-14-11-17/h4-15H2,1-3H3. The quantitative estimate of drug-likeness (QED) is 0.568. The Morgan fingerprint density at radius 2 is 1.79 bits per heavy atom. The third kappa shape index (κ3) is 7.28. The van der Waals surface area contributed by atoms with E-state index in [2.05, 4.69) is 25.7 Å². The highest BCUT2D eigenvalue weighted by atomic mass is 16.5. The first-order valence-corrected chi connectivity index (χ1v) is 8.14. The van der Waals surface area contributed by atoms with Gasteiger partial charge in [-0.3, -0.25) is 4.90 Å². The van der Waals surface area contributed by atoms with Crippen molar-refractivity contribution in [3.8, 4) is 0 Å². The van der Waals surface area contributed by atoms with Gasteiger partial charge in [0.25, 0.3) is 0 Å². The van der Waals surface area contributed by atoms with Crippen molar-refractivity contribution in [2.45, 2.75) is 64.9 Å². The summed E-state index contributed by atoms with van der Waals surface area (Å²) in [5.41, 5.74) is 0.0935. The fourth-order valence-corrected chi connectivity index (χ4v) is 2.79. The molecule has 0 aromatic carbocycles. The maximum Gasteiger partial charge on any atom is 0.0655 e. The van der Waals surface area contributed by atoms with Crippen molar-refractivity contribution in [3.63, 3.8) is 0 Å². The molecule has 1 atom stereocenters. The summed E-state index contributed by atoms with van der Waals surface area (Å²) in [5, 5.41) is 0. The van der Waals surface area contributed by atoms with Crippen LogP contribution in [0.25, 0.3) is 0 Å². The minimum Gasteiger partial charge on any atom is -0.379 e. The summed E-state index contributed by atoms with van der Waals surface area (Å²) in [5.74, 6) is 0. The number of nitrogens with zero attached hydrogens (tertiary/aromatic N) is 1. The van der Waals surface area contributed by atoms with Crippen LogP contribution >= 0.6 is 0 Å². The number of ether oxygens (including phenoxy) is 2. The number of unbranched alkanes of at least 4 members (excludes halogenated alkanes) is 2. The summed E-state index contributed by atoms with van der Waals surface area (Å²) in [4.78, 5) is 2.45. The molecule has 0 radical (unpaired) electrons. The molecule has 0 aromatic rings. The van der Waals surface area contributed by atoms with Crippen LogP contribution in [0.15, 0.2) is 0 Å². The topological polar surface area (TPSA) is 21.7 Å². The molecule has 3 nitrogen and oxygen atoms in total. The van der Waals surface area contributed by atoms with Crippen LogP contribution in [-0.2, 0) is 9.47 Å². The van der Waals surface area contributed by atoms with Crippen LogP contribution in [0.2, 0.25) is 0 Å². The lowest BCUT2D eigenvalue weighted by Crippen LogP contribution is -2.40. The van der Waals surface area contributed by atoms with Gasteiger partial charge in [-0.25, -0.2) is 0 Å². The van der Waals surface area contributed by atoms with Crippen molar-refractivity contribution >= 4 is 0 Å². The van der Waals surface area contributed by atoms with Crippen LogP contribution in [0.3, 0.4) is 0 Å². The smallest absolute Gasteiger partial charge is 0.0655 e. The fourth-order valence-electron chi connectivity index (χ4n) is 2.79. The molecule has 1 heterocycles. The first kappa shape index (κ1) is 16.9. The molecule has 0 saturated carbocycles. The second kappa shape index (κ2) is 9.73. The first-order valence-electron chi connectivity index (χ1n) is 8.14. The zero-order valence-electron chi connectivity index (χ0n) is 13.2. The lowest BCUT2D eigenvalue weighted by atomic mass is 9.93. The summed E-state index contributed by atoms with van der Waals surface area (Å²) >= 11 is 0. The van der Waals surface area contributed by atoms with Gasteiger partial charge in [0.2, 0.25) is 0 Å². The third-order valence-electron chi connectivity index (χ3n) is 4.05. The summed E-state index contributed by atoms with van der Waals surface area (Å²) in [7, 11) is 0. The molecule has 0 N–H and O–H groups in total. The molecule has 3 heteroatoms. The van der Waals surface area contributed by atoms with E-state index in [1.54, 1.807) is 0 Å². The van der Waals surface area contributed by atoms with Gasteiger partial charge in [-0.15, -0.1) is 0 Å². The van der Waals surface area contributed by atoms with E-state index < -0.39 is 0 Å². The number of rotatable bonds is 10. The average Bonchev–Trinajstić information content (AvgIpc) is 2.40. The predicted molar refractivity (Wildman–Crippen MR) is 80.7 cm³/mol. The lowest BCUT2D eigenvalue weighted by Gasteiger charge is -2.32. The Labute approximate surface area is 119 Å². The largest absolute Gasteiger partial charge is 0.379 e. The number of hydrogen-bond acceptors (Lipinski definition) is 3. The maximum atomic E-state index is 6.24. The van der Waals surface area contributed by atoms with Crippen LogP contribution in [0, 0.1) is 0 Å². The highest BCUT2D eigenvalue weighted by Crippen LogP contribution is 2.25. The molecule has 0 spiro atoms. The van der Waals surface area contributed by atoms with Crippen LogP contribution in [-0.4, -0.2) is 50.0 Å². The van der Waals surface area contributed by atoms with Gasteiger partial charge >= 0.3 is 0 Å². The molecule has 1 unspecified atom stereocenters. The molecule has 0 aromatic heterocycles. The van der Waals surface area contributed by atoms with Crippen molar-refractivity contribution in [3.05, 3.63) is 0 Å². The average molecular weight is 271 g/mol. The van der Waals surface area contributed by atoms with E-state index in [4.69, 9.17) is 9.47 Å². The van der Waals surface area contributed by atoms with Crippen molar-refractivity contribution in [2.75, 3.05) is 39.5 Å². The highest BCUT2D eigenvalue weighted by molar-refractivity contribution is 4.75. The summed E-state index contributed by atoms with van der Waals surface area (Å²) in [6.45, 7) is 12.6. The third-order valence-corrected chi connectivity index (χ3v) is 4.05. The van der Waals surface area contributed by atoms with E-state index in [1.807, 2.05) is 0 Å². The van der Waals surface area contributed by atoms with E-state index in [0.717, 1.165) is 39.5 Å². The normalized spacial score (nSPS) is 20.4. The Balaban J connectivity index is 2.22. The Bertz CT molecular complexity index is 217. The Morgan fingerprint density at radius 3 is 2.42 bits per heavy atom. The lowest BCUT2D eigenvalue weighted by molar-refractivity contribution is -0.0599. The fraction of sp³-hybridized carbons (Fsp3) is 1.00. The van der Waals surface area contributed by atoms with Crippen molar-refractivity contribution in [1.29, 1.82) is 0 Å². The molecule has 1 aliphatic heterocycles. The summed E-state index contributed by atoms with van der Waals surface area (Å²) in [6.07, 6.45) is 7.50. The molecular formula is C16H33NO2. The molecule has 0 bridgehead atoms. The Hall–Kier alpha value is -0.120. The molecule has 0 amide bonds. The van der Waals surface area contributed by atoms with Crippen molar-refractivity contribution in [2.24, 2.45) is 0 Å². The zero-order valence-corrected chi connectivity index (χ0v) is 13.2. The van der Waals surface area contributed by atoms with Gasteiger partial charge in [0.15, 0.2) is 0 Å². The van der Waals surface area contributed by atoms with E-state index in [1.165, 1.54) is 38.5 Å². The number of hydrogen-bond donors (Lipinski definition) is 0. The molecule has 1 saturated heterocycles. The van der Waals surface area contributed by atoms with Gasteiger partial charge in [0.1, 0.15) is 0 Å². The molecular weight excluding hydrogens is 238 g/mol. The first-order chi connectivity index (χ1) is 9.20. The van der Waals surface area contributed by atoms with E-state index in [0.29, 0.717) is 0 Å². The molecule has 19 heavy (non-hydrogen) atoms. The van der Waals surface area contributed by atoms with Crippen LogP contribution < -0.4 is 0 Å². The predicted octanol–water partition coefficient (Wildman–Crippen LogP) is 3.47. The van der Waals surface area contributed by atoms with Crippen LogP contribution in [0.4, 0.5) is 0 Å². The number of morpholine rings is 1. The van der Waals surface area contributed by atoms with Gasteiger partial charge in [-0.2, -0.15) is 0 Å². The van der Waals surface area contributed by atoms with E-state index >= 15 is 0 Å².